The molecule has 0 aliphatic heterocycles. The monoisotopic (exact) mass is 446 g/mol. The van der Waals surface area contributed by atoms with Crippen LogP contribution in [0.4, 0.5) is 20.3 Å². The molecule has 2 amide bonds. The molecule has 0 saturated carbocycles. The number of anilines is 1. The Kier molecular flexibility index (Phi) is 6.61. The van der Waals surface area contributed by atoms with E-state index in [1.54, 1.807) is 25.1 Å². The van der Waals surface area contributed by atoms with Crippen LogP contribution < -0.4 is 16.4 Å². The van der Waals surface area contributed by atoms with Crippen LogP contribution in [0, 0.1) is 11.6 Å². The Balaban J connectivity index is 1.63. The highest BCUT2D eigenvalue weighted by molar-refractivity contribution is 6.34. The van der Waals surface area contributed by atoms with Gasteiger partial charge in [-0.2, -0.15) is 5.10 Å². The summed E-state index contributed by atoms with van der Waals surface area (Å²) >= 11 is 5.78. The molecule has 0 unspecified atom stereocenters. The van der Waals surface area contributed by atoms with Crippen LogP contribution in [0.25, 0.3) is 0 Å². The molecule has 160 valence electrons. The lowest BCUT2D eigenvalue weighted by molar-refractivity contribution is 0.0945. The average Bonchev–Trinajstić information content (AvgIpc) is 3.17. The lowest BCUT2D eigenvalue weighted by Crippen LogP contribution is -2.23. The summed E-state index contributed by atoms with van der Waals surface area (Å²) in [5.41, 5.74) is 6.84. The zero-order chi connectivity index (χ0) is 22.5. The Labute approximate surface area is 180 Å². The summed E-state index contributed by atoms with van der Waals surface area (Å²) in [6.07, 6.45) is 0. The molecule has 1 aromatic heterocycles. The Bertz CT molecular complexity index is 1170. The fourth-order valence-corrected chi connectivity index (χ4v) is 2.84. The molecule has 0 aliphatic rings. The van der Waals surface area contributed by atoms with E-state index in [0.717, 1.165) is 5.56 Å². The summed E-state index contributed by atoms with van der Waals surface area (Å²) in [5, 5.41) is 11.1. The number of nitrogens with zero attached hydrogens (tertiary/aromatic N) is 2. The van der Waals surface area contributed by atoms with Gasteiger partial charge in [0, 0.05) is 12.6 Å². The van der Waals surface area contributed by atoms with Crippen molar-refractivity contribution in [3.63, 3.8) is 0 Å². The molecular formula is C20H17ClF2N6O2. The summed E-state index contributed by atoms with van der Waals surface area (Å²) in [4.78, 5) is 28.7. The topological polar surface area (TPSA) is 125 Å². The van der Waals surface area contributed by atoms with Gasteiger partial charge in [0.05, 0.1) is 22.1 Å². The largest absolute Gasteiger partial charge is 0.387 e. The number of carbonyl (C=O) groups excluding carboxylic acids is 2. The average molecular weight is 447 g/mol. The normalized spacial score (nSPS) is 11.3. The molecule has 1 heterocycles. The van der Waals surface area contributed by atoms with Crippen molar-refractivity contribution < 1.29 is 18.4 Å². The summed E-state index contributed by atoms with van der Waals surface area (Å²) in [7, 11) is 0. The van der Waals surface area contributed by atoms with E-state index in [2.05, 4.69) is 25.8 Å². The van der Waals surface area contributed by atoms with Crippen LogP contribution in [-0.4, -0.2) is 27.8 Å². The van der Waals surface area contributed by atoms with Gasteiger partial charge >= 0.3 is 0 Å². The standard InChI is InChI=1S/C20H17ClF2N6O2/c1-10(24)26-12-4-2-3-11(5-12)9-25-20(31)17-8-18(29-28-17)27-19(30)13-6-15(22)16(23)7-14(13)21/h2-8H,9H2,1H3,(H2,24,26)(H,25,31)(H2,27,28,29,30). The second-order valence-electron chi connectivity index (χ2n) is 6.47. The van der Waals surface area contributed by atoms with Gasteiger partial charge in [-0.25, -0.2) is 13.8 Å². The maximum atomic E-state index is 13.4. The third-order valence-corrected chi connectivity index (χ3v) is 4.30. The molecule has 8 nitrogen and oxygen atoms in total. The summed E-state index contributed by atoms with van der Waals surface area (Å²) in [5.74, 6) is -3.25. The van der Waals surface area contributed by atoms with Crippen molar-refractivity contribution in [2.45, 2.75) is 13.5 Å². The number of aromatic nitrogens is 2. The summed E-state index contributed by atoms with van der Waals surface area (Å²) in [6.45, 7) is 1.89. The SMILES string of the molecule is CC(N)=Nc1cccc(CNC(=O)c2cc(NC(=O)c3cc(F)c(F)cc3Cl)n[nH]2)c1. The van der Waals surface area contributed by atoms with Crippen LogP contribution >= 0.6 is 11.6 Å². The Morgan fingerprint density at radius 2 is 1.90 bits per heavy atom. The quantitative estimate of drug-likeness (QED) is 0.262. The van der Waals surface area contributed by atoms with Crippen LogP contribution in [0.3, 0.4) is 0 Å². The first-order chi connectivity index (χ1) is 14.7. The lowest BCUT2D eigenvalue weighted by Gasteiger charge is -2.05. The van der Waals surface area contributed by atoms with Gasteiger partial charge in [0.2, 0.25) is 0 Å². The predicted octanol–water partition coefficient (Wildman–Crippen LogP) is 3.53. The number of hydrogen-bond donors (Lipinski definition) is 4. The van der Waals surface area contributed by atoms with Gasteiger partial charge in [0.1, 0.15) is 5.69 Å². The third-order valence-electron chi connectivity index (χ3n) is 3.99. The molecule has 5 N–H and O–H groups in total. The van der Waals surface area contributed by atoms with Crippen LogP contribution in [0.1, 0.15) is 33.3 Å². The number of carbonyl (C=O) groups is 2. The molecule has 11 heteroatoms. The molecule has 3 rings (SSSR count). The van der Waals surface area contributed by atoms with Crippen molar-refractivity contribution in [3.05, 3.63) is 75.9 Å². The van der Waals surface area contributed by atoms with E-state index in [9.17, 15) is 18.4 Å². The van der Waals surface area contributed by atoms with Gasteiger partial charge in [0.15, 0.2) is 17.5 Å². The zero-order valence-corrected chi connectivity index (χ0v) is 16.9. The molecule has 0 atom stereocenters. The number of H-pyrrole nitrogens is 1. The Morgan fingerprint density at radius 1 is 1.16 bits per heavy atom. The van der Waals surface area contributed by atoms with E-state index in [-0.39, 0.29) is 28.6 Å². The van der Waals surface area contributed by atoms with E-state index >= 15 is 0 Å². The van der Waals surface area contributed by atoms with Gasteiger partial charge < -0.3 is 16.4 Å². The first-order valence-electron chi connectivity index (χ1n) is 8.92. The summed E-state index contributed by atoms with van der Waals surface area (Å²) < 4.78 is 26.5. The number of amidine groups is 1. The molecule has 0 bridgehead atoms. The van der Waals surface area contributed by atoms with Gasteiger partial charge in [-0.05, 0) is 36.8 Å². The third kappa shape index (κ3) is 5.64. The van der Waals surface area contributed by atoms with Crippen LogP contribution in [0.15, 0.2) is 47.5 Å². The fraction of sp³-hybridized carbons (Fsp3) is 0.100. The number of aromatic amines is 1. The van der Waals surface area contributed by atoms with Gasteiger partial charge in [-0.15, -0.1) is 0 Å². The number of rotatable bonds is 6. The maximum absolute atomic E-state index is 13.4. The molecule has 0 saturated heterocycles. The molecule has 2 aromatic carbocycles. The summed E-state index contributed by atoms with van der Waals surface area (Å²) in [6, 6.07) is 9.83. The molecular weight excluding hydrogens is 430 g/mol. The van der Waals surface area contributed by atoms with Crippen molar-refractivity contribution >= 4 is 40.8 Å². The number of aliphatic imine (C=N–C) groups is 1. The molecule has 31 heavy (non-hydrogen) atoms. The van der Waals surface area contributed by atoms with E-state index < -0.39 is 23.4 Å². The first kappa shape index (κ1) is 21.9. The van der Waals surface area contributed by atoms with E-state index in [1.165, 1.54) is 6.07 Å². The van der Waals surface area contributed by atoms with Gasteiger partial charge in [-0.3, -0.25) is 14.7 Å². The van der Waals surface area contributed by atoms with Crippen molar-refractivity contribution in [3.8, 4) is 0 Å². The van der Waals surface area contributed by atoms with Crippen LogP contribution in [-0.2, 0) is 6.54 Å². The zero-order valence-electron chi connectivity index (χ0n) is 16.2. The molecule has 0 aliphatic carbocycles. The smallest absolute Gasteiger partial charge is 0.269 e. The Hall–Kier alpha value is -3.79. The number of nitrogens with one attached hydrogen (secondary N) is 3. The second-order valence-corrected chi connectivity index (χ2v) is 6.88. The minimum Gasteiger partial charge on any atom is -0.387 e. The lowest BCUT2D eigenvalue weighted by atomic mass is 10.2. The fourth-order valence-electron chi connectivity index (χ4n) is 2.60. The van der Waals surface area contributed by atoms with Crippen molar-refractivity contribution in [1.82, 2.24) is 15.5 Å². The van der Waals surface area contributed by atoms with E-state index in [1.807, 2.05) is 6.07 Å². The maximum Gasteiger partial charge on any atom is 0.269 e. The number of halogens is 3. The van der Waals surface area contributed by atoms with Crippen molar-refractivity contribution in [2.24, 2.45) is 10.7 Å². The van der Waals surface area contributed by atoms with E-state index in [0.29, 0.717) is 23.7 Å². The highest BCUT2D eigenvalue weighted by Gasteiger charge is 2.17. The highest BCUT2D eigenvalue weighted by atomic mass is 35.5. The van der Waals surface area contributed by atoms with Crippen LogP contribution in [0.5, 0.6) is 0 Å². The van der Waals surface area contributed by atoms with Gasteiger partial charge in [-0.1, -0.05) is 23.7 Å². The minimum atomic E-state index is -1.21. The number of benzene rings is 2. The minimum absolute atomic E-state index is 0.00528. The number of hydrogen-bond acceptors (Lipinski definition) is 4. The van der Waals surface area contributed by atoms with Crippen molar-refractivity contribution in [1.29, 1.82) is 0 Å². The predicted molar refractivity (Wildman–Crippen MR) is 112 cm³/mol. The number of nitrogens with two attached hydrogens (primary N) is 1. The number of amides is 2. The van der Waals surface area contributed by atoms with Crippen molar-refractivity contribution in [2.75, 3.05) is 5.32 Å². The molecule has 0 spiro atoms. The van der Waals surface area contributed by atoms with Gasteiger partial charge in [0.25, 0.3) is 11.8 Å². The highest BCUT2D eigenvalue weighted by Crippen LogP contribution is 2.21. The van der Waals surface area contributed by atoms with E-state index in [4.69, 9.17) is 17.3 Å². The first-order valence-corrected chi connectivity index (χ1v) is 9.30. The Morgan fingerprint density at radius 3 is 2.65 bits per heavy atom. The molecule has 3 aromatic rings. The molecule has 0 fully saturated rings. The second kappa shape index (κ2) is 9.35. The molecule has 0 radical (unpaired) electrons. The van der Waals surface area contributed by atoms with Crippen LogP contribution in [0.2, 0.25) is 5.02 Å².